The first-order valence-corrected chi connectivity index (χ1v) is 8.62. The molecule has 0 saturated heterocycles. The normalized spacial score (nSPS) is 10.7. The lowest BCUT2D eigenvalue weighted by Gasteiger charge is -2.10. The molecule has 148 valence electrons. The Balaban J connectivity index is 2.04. The first kappa shape index (κ1) is 21.3. The Labute approximate surface area is 169 Å². The smallest absolute Gasteiger partial charge is 0.310 e. The van der Waals surface area contributed by atoms with Gasteiger partial charge >= 0.3 is 5.69 Å². The minimum absolute atomic E-state index is 0.0248. The van der Waals surface area contributed by atoms with Crippen LogP contribution < -0.4 is 14.9 Å². The zero-order valence-electron chi connectivity index (χ0n) is 14.5. The number of hydrogen-bond acceptors (Lipinski definition) is 7. The number of hydrazone groups is 1. The fraction of sp³-hybridized carbons (Fsp3) is 0.176. The number of nitro groups is 1. The molecule has 0 aliphatic rings. The van der Waals surface area contributed by atoms with Crippen molar-refractivity contribution in [2.45, 2.75) is 6.92 Å². The van der Waals surface area contributed by atoms with Crippen molar-refractivity contribution < 1.29 is 24.3 Å². The van der Waals surface area contributed by atoms with Gasteiger partial charge in [-0.05, 0) is 13.0 Å². The van der Waals surface area contributed by atoms with Crippen LogP contribution in [0.4, 0.5) is 5.69 Å². The van der Waals surface area contributed by atoms with Gasteiger partial charge in [0.15, 0.2) is 23.9 Å². The largest absolute Gasteiger partial charge is 0.504 e. The number of nitro benzene ring substituents is 1. The number of rotatable bonds is 8. The third-order valence-electron chi connectivity index (χ3n) is 3.30. The number of carbonyl (C=O) groups is 1. The number of ether oxygens (including phenoxy) is 2. The van der Waals surface area contributed by atoms with E-state index in [2.05, 4.69) is 10.5 Å². The Morgan fingerprint density at radius 3 is 2.71 bits per heavy atom. The van der Waals surface area contributed by atoms with Gasteiger partial charge in [0.05, 0.1) is 33.4 Å². The maximum absolute atomic E-state index is 11.8. The van der Waals surface area contributed by atoms with Gasteiger partial charge < -0.3 is 14.6 Å². The summed E-state index contributed by atoms with van der Waals surface area (Å²) in [5.74, 6) is -0.907. The molecule has 0 heterocycles. The summed E-state index contributed by atoms with van der Waals surface area (Å²) < 4.78 is 10.4. The highest BCUT2D eigenvalue weighted by molar-refractivity contribution is 6.43. The first-order chi connectivity index (χ1) is 13.3. The Morgan fingerprint density at radius 1 is 1.32 bits per heavy atom. The summed E-state index contributed by atoms with van der Waals surface area (Å²) >= 11 is 12.0. The van der Waals surface area contributed by atoms with Crippen molar-refractivity contribution in [2.75, 3.05) is 13.2 Å². The summed E-state index contributed by atoms with van der Waals surface area (Å²) in [6.45, 7) is 1.51. The quantitative estimate of drug-likeness (QED) is 0.377. The van der Waals surface area contributed by atoms with Crippen molar-refractivity contribution in [3.63, 3.8) is 0 Å². The Bertz CT molecular complexity index is 920. The second-order valence-corrected chi connectivity index (χ2v) is 5.96. The standard InChI is InChI=1S/C17H15Cl2N3O6/c1-2-27-14-7-11(18)16(19)10(17(14)24)8-20-21-15(23)9-28-13-6-4-3-5-12(13)22(25)26/h3-8,24H,2,9H2,1H3,(H,21,23). The van der Waals surface area contributed by atoms with Crippen LogP contribution in [0, 0.1) is 10.1 Å². The van der Waals surface area contributed by atoms with Gasteiger partial charge in [-0.3, -0.25) is 14.9 Å². The number of carbonyl (C=O) groups excluding carboxylic acids is 1. The fourth-order valence-electron chi connectivity index (χ4n) is 2.07. The van der Waals surface area contributed by atoms with E-state index in [0.29, 0.717) is 6.61 Å². The van der Waals surface area contributed by atoms with Crippen LogP contribution in [0.5, 0.6) is 17.2 Å². The molecular weight excluding hydrogens is 413 g/mol. The average Bonchev–Trinajstić information content (AvgIpc) is 2.67. The highest BCUT2D eigenvalue weighted by atomic mass is 35.5. The highest BCUT2D eigenvalue weighted by Crippen LogP contribution is 2.39. The number of hydrogen-bond donors (Lipinski definition) is 2. The van der Waals surface area contributed by atoms with E-state index < -0.39 is 17.4 Å². The number of phenolic OH excluding ortho intramolecular Hbond substituents is 1. The molecule has 1 amide bonds. The van der Waals surface area contributed by atoms with Gasteiger partial charge in [-0.25, -0.2) is 5.43 Å². The molecule has 2 N–H and O–H groups in total. The van der Waals surface area contributed by atoms with Gasteiger partial charge in [0.1, 0.15) is 0 Å². The summed E-state index contributed by atoms with van der Waals surface area (Å²) in [5, 5.41) is 24.9. The predicted molar refractivity (Wildman–Crippen MR) is 104 cm³/mol. The van der Waals surface area contributed by atoms with Crippen molar-refractivity contribution in [3.8, 4) is 17.2 Å². The minimum atomic E-state index is -0.683. The summed E-state index contributed by atoms with van der Waals surface area (Å²) in [7, 11) is 0. The molecule has 0 atom stereocenters. The molecule has 2 aromatic carbocycles. The first-order valence-electron chi connectivity index (χ1n) is 7.87. The number of aromatic hydroxyl groups is 1. The Hall–Kier alpha value is -3.04. The van der Waals surface area contributed by atoms with Crippen LogP contribution in [0.25, 0.3) is 0 Å². The van der Waals surface area contributed by atoms with E-state index in [1.54, 1.807) is 6.92 Å². The molecule has 28 heavy (non-hydrogen) atoms. The molecule has 0 bridgehead atoms. The molecule has 0 aliphatic heterocycles. The molecule has 9 nitrogen and oxygen atoms in total. The number of nitrogens with one attached hydrogen (secondary N) is 1. The zero-order valence-corrected chi connectivity index (χ0v) is 16.0. The Morgan fingerprint density at radius 2 is 2.04 bits per heavy atom. The van der Waals surface area contributed by atoms with Crippen LogP contribution in [-0.4, -0.2) is 35.4 Å². The average molecular weight is 428 g/mol. The number of para-hydroxylation sites is 2. The van der Waals surface area contributed by atoms with Crippen molar-refractivity contribution in [3.05, 3.63) is 56.1 Å². The lowest BCUT2D eigenvalue weighted by Crippen LogP contribution is -2.24. The second kappa shape index (κ2) is 9.77. The van der Waals surface area contributed by atoms with Crippen LogP contribution in [0.15, 0.2) is 35.4 Å². The molecule has 2 rings (SSSR count). The van der Waals surface area contributed by atoms with Crippen LogP contribution >= 0.6 is 23.2 Å². The van der Waals surface area contributed by atoms with Crippen molar-refractivity contribution in [2.24, 2.45) is 5.10 Å². The highest BCUT2D eigenvalue weighted by Gasteiger charge is 2.16. The van der Waals surface area contributed by atoms with E-state index in [0.717, 1.165) is 6.21 Å². The predicted octanol–water partition coefficient (Wildman–Crippen LogP) is 3.54. The topological polar surface area (TPSA) is 123 Å². The van der Waals surface area contributed by atoms with Crippen LogP contribution in [-0.2, 0) is 4.79 Å². The van der Waals surface area contributed by atoms with Gasteiger partial charge in [-0.15, -0.1) is 0 Å². The number of nitrogens with zero attached hydrogens (tertiary/aromatic N) is 2. The van der Waals surface area contributed by atoms with Gasteiger partial charge in [-0.1, -0.05) is 35.3 Å². The van der Waals surface area contributed by atoms with Crippen molar-refractivity contribution in [1.29, 1.82) is 0 Å². The molecule has 0 radical (unpaired) electrons. The summed E-state index contributed by atoms with van der Waals surface area (Å²) in [6, 6.07) is 7.00. The zero-order chi connectivity index (χ0) is 20.7. The third kappa shape index (κ3) is 5.24. The van der Waals surface area contributed by atoms with Crippen molar-refractivity contribution in [1.82, 2.24) is 5.43 Å². The molecule has 0 aliphatic carbocycles. The SMILES string of the molecule is CCOc1cc(Cl)c(Cl)c(C=NNC(=O)COc2ccccc2[N+](=O)[O-])c1O. The third-order valence-corrected chi connectivity index (χ3v) is 4.10. The minimum Gasteiger partial charge on any atom is -0.504 e. The van der Waals surface area contributed by atoms with E-state index in [1.165, 1.54) is 30.3 Å². The van der Waals surface area contributed by atoms with E-state index in [-0.39, 0.29) is 38.5 Å². The molecule has 2 aromatic rings. The van der Waals surface area contributed by atoms with Crippen molar-refractivity contribution >= 4 is 41.0 Å². The van der Waals surface area contributed by atoms with E-state index in [1.807, 2.05) is 0 Å². The molecule has 0 unspecified atom stereocenters. The van der Waals surface area contributed by atoms with Gasteiger partial charge in [0.25, 0.3) is 5.91 Å². The van der Waals surface area contributed by atoms with Crippen LogP contribution in [0.2, 0.25) is 10.0 Å². The molecule has 0 fully saturated rings. The number of phenols is 1. The van der Waals surface area contributed by atoms with Crippen LogP contribution in [0.1, 0.15) is 12.5 Å². The number of amides is 1. The lowest BCUT2D eigenvalue weighted by atomic mass is 10.2. The monoisotopic (exact) mass is 427 g/mol. The maximum Gasteiger partial charge on any atom is 0.310 e. The van der Waals surface area contributed by atoms with Gasteiger partial charge in [0.2, 0.25) is 0 Å². The Kier molecular flexibility index (Phi) is 7.42. The van der Waals surface area contributed by atoms with Crippen LogP contribution in [0.3, 0.4) is 0 Å². The summed E-state index contributed by atoms with van der Waals surface area (Å²) in [6.07, 6.45) is 1.09. The summed E-state index contributed by atoms with van der Waals surface area (Å²) in [4.78, 5) is 22.1. The molecule has 0 aromatic heterocycles. The molecule has 0 saturated carbocycles. The summed E-state index contributed by atoms with van der Waals surface area (Å²) in [5.41, 5.74) is 1.94. The molecule has 0 spiro atoms. The lowest BCUT2D eigenvalue weighted by molar-refractivity contribution is -0.385. The number of halogens is 2. The molecular formula is C17H15Cl2N3O6. The molecule has 11 heteroatoms. The maximum atomic E-state index is 11.8. The fourth-order valence-corrected chi connectivity index (χ4v) is 2.46. The van der Waals surface area contributed by atoms with E-state index >= 15 is 0 Å². The number of benzene rings is 2. The van der Waals surface area contributed by atoms with Gasteiger partial charge in [0, 0.05) is 12.1 Å². The van der Waals surface area contributed by atoms with Gasteiger partial charge in [-0.2, -0.15) is 5.10 Å². The van der Waals surface area contributed by atoms with E-state index in [9.17, 15) is 20.0 Å². The van der Waals surface area contributed by atoms with E-state index in [4.69, 9.17) is 32.7 Å². The second-order valence-electron chi connectivity index (χ2n) is 5.17.